The summed E-state index contributed by atoms with van der Waals surface area (Å²) in [5, 5.41) is 3.12. The van der Waals surface area contributed by atoms with Crippen LogP contribution in [0.2, 0.25) is 0 Å². The van der Waals surface area contributed by atoms with Crippen molar-refractivity contribution in [2.45, 2.75) is 13.3 Å². The van der Waals surface area contributed by atoms with Crippen LogP contribution >= 0.6 is 0 Å². The van der Waals surface area contributed by atoms with E-state index in [0.29, 0.717) is 11.8 Å². The van der Waals surface area contributed by atoms with Gasteiger partial charge in [0.05, 0.1) is 0 Å². The summed E-state index contributed by atoms with van der Waals surface area (Å²) < 4.78 is 0. The van der Waals surface area contributed by atoms with E-state index >= 15 is 0 Å². The van der Waals surface area contributed by atoms with E-state index in [2.05, 4.69) is 51.7 Å². The van der Waals surface area contributed by atoms with Crippen molar-refractivity contribution < 1.29 is 0 Å². The molecule has 0 aliphatic heterocycles. The lowest BCUT2D eigenvalue weighted by atomic mass is 10.0. The first-order valence-electron chi connectivity index (χ1n) is 7.86. The molecule has 0 bridgehead atoms. The average Bonchev–Trinajstić information content (AvgIpc) is 2.56. The number of aromatic nitrogens is 1. The highest BCUT2D eigenvalue weighted by atomic mass is 15.1. The van der Waals surface area contributed by atoms with Crippen LogP contribution in [0.4, 0.5) is 11.5 Å². The molecule has 0 saturated carbocycles. The predicted octanol–water partition coefficient (Wildman–Crippen LogP) is 4.04. The van der Waals surface area contributed by atoms with E-state index in [9.17, 15) is 0 Å². The molecule has 0 amide bonds. The van der Waals surface area contributed by atoms with Crippen molar-refractivity contribution in [3.05, 3.63) is 89.6 Å². The van der Waals surface area contributed by atoms with Gasteiger partial charge in [0.1, 0.15) is 0 Å². The molecule has 3 aromatic rings. The van der Waals surface area contributed by atoms with Crippen LogP contribution in [0, 0.1) is 6.92 Å². The second-order valence-electron chi connectivity index (χ2n) is 5.68. The first-order chi connectivity index (χ1) is 11.7. The van der Waals surface area contributed by atoms with Crippen molar-refractivity contribution in [1.29, 1.82) is 0 Å². The summed E-state index contributed by atoms with van der Waals surface area (Å²) in [6, 6.07) is 22.4. The molecule has 24 heavy (non-hydrogen) atoms. The van der Waals surface area contributed by atoms with Gasteiger partial charge in [-0.1, -0.05) is 42.5 Å². The molecule has 0 radical (unpaired) electrons. The normalized spacial score (nSPS) is 11.3. The second-order valence-corrected chi connectivity index (χ2v) is 5.68. The monoisotopic (exact) mass is 316 g/mol. The zero-order chi connectivity index (χ0) is 16.8. The minimum absolute atomic E-state index is 0.324. The molecule has 3 N–H and O–H groups in total. The lowest BCUT2D eigenvalue weighted by molar-refractivity contribution is 1.19. The quantitative estimate of drug-likeness (QED) is 0.564. The summed E-state index contributed by atoms with van der Waals surface area (Å²) in [5.74, 6) is 0.922. The maximum Gasteiger partial charge on any atom is 0.199 e. The molecule has 0 aliphatic rings. The number of hydrogen-bond donors (Lipinski definition) is 2. The summed E-state index contributed by atoms with van der Waals surface area (Å²) >= 11 is 0. The van der Waals surface area contributed by atoms with Gasteiger partial charge in [0, 0.05) is 11.9 Å². The fourth-order valence-electron chi connectivity index (χ4n) is 2.47. The van der Waals surface area contributed by atoms with E-state index in [1.54, 1.807) is 6.20 Å². The Hall–Kier alpha value is -3.14. The van der Waals surface area contributed by atoms with Gasteiger partial charge in [0.2, 0.25) is 0 Å². The Balaban J connectivity index is 1.72. The number of anilines is 1. The second kappa shape index (κ2) is 7.42. The van der Waals surface area contributed by atoms with Crippen molar-refractivity contribution in [2.75, 3.05) is 5.32 Å². The minimum Gasteiger partial charge on any atom is -0.369 e. The molecular formula is C20H20N4. The third-order valence-corrected chi connectivity index (χ3v) is 3.59. The number of rotatable bonds is 4. The van der Waals surface area contributed by atoms with Crippen LogP contribution in [-0.4, -0.2) is 10.9 Å². The largest absolute Gasteiger partial charge is 0.369 e. The first-order valence-corrected chi connectivity index (χ1v) is 7.86. The van der Waals surface area contributed by atoms with Gasteiger partial charge < -0.3 is 11.1 Å². The molecule has 0 atom stereocenters. The molecule has 3 rings (SSSR count). The molecule has 1 aromatic heterocycles. The Morgan fingerprint density at radius 3 is 2.58 bits per heavy atom. The molecule has 0 aliphatic carbocycles. The van der Waals surface area contributed by atoms with E-state index < -0.39 is 0 Å². The summed E-state index contributed by atoms with van der Waals surface area (Å²) in [6.45, 7) is 2.00. The fraction of sp³-hybridized carbons (Fsp3) is 0.100. The van der Waals surface area contributed by atoms with Crippen molar-refractivity contribution in [3.8, 4) is 0 Å². The third kappa shape index (κ3) is 4.43. The number of hydrogen-bond acceptors (Lipinski definition) is 2. The standard InChI is InChI=1S/C20H20N4/c1-15-10-11-22-19(12-15)24-20(21)23-18-9-5-8-17(14-18)13-16-6-3-2-4-7-16/h2-12,14H,13H2,1H3,(H3,21,22,23,24). The van der Waals surface area contributed by atoms with E-state index in [1.807, 2.05) is 37.3 Å². The van der Waals surface area contributed by atoms with Crippen LogP contribution in [0.15, 0.2) is 77.9 Å². The van der Waals surface area contributed by atoms with E-state index in [0.717, 1.165) is 17.7 Å². The molecule has 4 heteroatoms. The molecular weight excluding hydrogens is 296 g/mol. The molecule has 120 valence electrons. The first kappa shape index (κ1) is 15.7. The number of nitrogens with one attached hydrogen (secondary N) is 1. The summed E-state index contributed by atoms with van der Waals surface area (Å²) in [4.78, 5) is 8.49. The Morgan fingerprint density at radius 1 is 1.00 bits per heavy atom. The van der Waals surface area contributed by atoms with Crippen LogP contribution in [-0.2, 0) is 6.42 Å². The van der Waals surface area contributed by atoms with Crippen LogP contribution in [0.25, 0.3) is 0 Å². The SMILES string of the molecule is Cc1ccnc(N=C(N)Nc2cccc(Cc3ccccc3)c2)c1. The van der Waals surface area contributed by atoms with Gasteiger partial charge in [0.15, 0.2) is 11.8 Å². The molecule has 0 fully saturated rings. The Labute approximate surface area is 142 Å². The molecule has 0 unspecified atom stereocenters. The van der Waals surface area contributed by atoms with Crippen LogP contribution in [0.1, 0.15) is 16.7 Å². The third-order valence-electron chi connectivity index (χ3n) is 3.59. The minimum atomic E-state index is 0.324. The number of aliphatic imine (C=N–C) groups is 1. The van der Waals surface area contributed by atoms with Gasteiger partial charge in [-0.15, -0.1) is 0 Å². The van der Waals surface area contributed by atoms with E-state index in [4.69, 9.17) is 5.73 Å². The van der Waals surface area contributed by atoms with Gasteiger partial charge >= 0.3 is 0 Å². The molecule has 1 heterocycles. The number of pyridine rings is 1. The summed E-state index contributed by atoms with van der Waals surface area (Å²) in [5.41, 5.74) is 10.5. The van der Waals surface area contributed by atoms with Gasteiger partial charge in [-0.2, -0.15) is 4.99 Å². The smallest absolute Gasteiger partial charge is 0.199 e. The Bertz CT molecular complexity index is 841. The number of benzene rings is 2. The Kier molecular flexibility index (Phi) is 4.87. The highest BCUT2D eigenvalue weighted by molar-refractivity contribution is 5.93. The number of guanidine groups is 1. The molecule has 0 saturated heterocycles. The number of aryl methyl sites for hydroxylation is 1. The highest BCUT2D eigenvalue weighted by Crippen LogP contribution is 2.15. The Morgan fingerprint density at radius 2 is 1.79 bits per heavy atom. The van der Waals surface area contributed by atoms with Crippen LogP contribution in [0.5, 0.6) is 0 Å². The lowest BCUT2D eigenvalue weighted by Gasteiger charge is -2.08. The fourth-order valence-corrected chi connectivity index (χ4v) is 2.47. The summed E-state index contributed by atoms with van der Waals surface area (Å²) in [6.07, 6.45) is 2.61. The number of nitrogens with two attached hydrogens (primary N) is 1. The van der Waals surface area contributed by atoms with Gasteiger partial charge in [0.25, 0.3) is 0 Å². The average molecular weight is 316 g/mol. The predicted molar refractivity (Wildman–Crippen MR) is 99.6 cm³/mol. The number of nitrogens with zero attached hydrogens (tertiary/aromatic N) is 2. The summed E-state index contributed by atoms with van der Waals surface area (Å²) in [7, 11) is 0. The van der Waals surface area contributed by atoms with Crippen molar-refractivity contribution in [3.63, 3.8) is 0 Å². The maximum atomic E-state index is 5.99. The van der Waals surface area contributed by atoms with E-state index in [-0.39, 0.29) is 0 Å². The molecule has 2 aromatic carbocycles. The van der Waals surface area contributed by atoms with Gasteiger partial charge in [-0.05, 0) is 54.3 Å². The zero-order valence-corrected chi connectivity index (χ0v) is 13.6. The lowest BCUT2D eigenvalue weighted by Crippen LogP contribution is -2.22. The van der Waals surface area contributed by atoms with Gasteiger partial charge in [-0.25, -0.2) is 4.98 Å². The molecule has 4 nitrogen and oxygen atoms in total. The topological polar surface area (TPSA) is 63.3 Å². The van der Waals surface area contributed by atoms with Crippen LogP contribution < -0.4 is 11.1 Å². The molecule has 0 spiro atoms. The van der Waals surface area contributed by atoms with Crippen molar-refractivity contribution in [2.24, 2.45) is 10.7 Å². The van der Waals surface area contributed by atoms with Crippen molar-refractivity contribution in [1.82, 2.24) is 4.98 Å². The van der Waals surface area contributed by atoms with Gasteiger partial charge in [-0.3, -0.25) is 0 Å². The maximum absolute atomic E-state index is 5.99. The van der Waals surface area contributed by atoms with E-state index in [1.165, 1.54) is 11.1 Å². The van der Waals surface area contributed by atoms with Crippen LogP contribution in [0.3, 0.4) is 0 Å². The van der Waals surface area contributed by atoms with Crippen molar-refractivity contribution >= 4 is 17.5 Å². The highest BCUT2D eigenvalue weighted by Gasteiger charge is 2.00. The zero-order valence-electron chi connectivity index (χ0n) is 13.6.